The number of nitrogens with one attached hydrogen (secondary N) is 1. The van der Waals surface area contributed by atoms with Gasteiger partial charge in [0.1, 0.15) is 0 Å². The molecule has 1 aromatic heterocycles. The average molecular weight is 396 g/mol. The van der Waals surface area contributed by atoms with Gasteiger partial charge in [-0.15, -0.1) is 0 Å². The average Bonchev–Trinajstić information content (AvgIpc) is 2.77. The van der Waals surface area contributed by atoms with Gasteiger partial charge in [0.25, 0.3) is 0 Å². The Bertz CT molecular complexity index is 803. The maximum absolute atomic E-state index is 12.3. The van der Waals surface area contributed by atoms with Gasteiger partial charge in [0.05, 0.1) is 5.56 Å². The number of carboxylic acid groups (broad SMARTS) is 1. The Morgan fingerprint density at radius 3 is 2.41 bits per heavy atom. The summed E-state index contributed by atoms with van der Waals surface area (Å²) in [5, 5.41) is 11.8. The fourth-order valence-corrected chi connectivity index (χ4v) is 3.59. The molecule has 2 N–H and O–H groups in total. The largest absolute Gasteiger partial charge is 0.478 e. The summed E-state index contributed by atoms with van der Waals surface area (Å²) in [7, 11) is 1.81. The van der Waals surface area contributed by atoms with E-state index in [1.165, 1.54) is 5.69 Å². The highest BCUT2D eigenvalue weighted by atomic mass is 16.4. The van der Waals surface area contributed by atoms with E-state index in [2.05, 4.69) is 15.2 Å². The van der Waals surface area contributed by atoms with Crippen LogP contribution in [0.25, 0.3) is 0 Å². The van der Waals surface area contributed by atoms with E-state index in [9.17, 15) is 9.59 Å². The lowest BCUT2D eigenvalue weighted by molar-refractivity contribution is 0.0697. The molecule has 0 bridgehead atoms. The van der Waals surface area contributed by atoms with Gasteiger partial charge in [0.15, 0.2) is 0 Å². The summed E-state index contributed by atoms with van der Waals surface area (Å²) in [5.74, 6) is -0.321. The minimum atomic E-state index is -0.952. The number of hydrogen-bond acceptors (Lipinski definition) is 4. The number of nitrogens with zero attached hydrogens (tertiary/aromatic N) is 3. The van der Waals surface area contributed by atoms with Gasteiger partial charge in [-0.25, -0.2) is 9.59 Å². The molecule has 154 valence electrons. The van der Waals surface area contributed by atoms with E-state index in [0.717, 1.165) is 44.5 Å². The molecule has 0 aliphatic carbocycles. The Morgan fingerprint density at radius 2 is 1.79 bits per heavy atom. The van der Waals surface area contributed by atoms with Gasteiger partial charge < -0.3 is 20.2 Å². The predicted molar refractivity (Wildman–Crippen MR) is 112 cm³/mol. The van der Waals surface area contributed by atoms with E-state index in [4.69, 9.17) is 5.11 Å². The summed E-state index contributed by atoms with van der Waals surface area (Å²) < 4.78 is 0. The molecule has 7 nitrogen and oxygen atoms in total. The highest BCUT2D eigenvalue weighted by molar-refractivity contribution is 5.87. The SMILES string of the molecule is CN(CCC1CCN(c2ccncc2)CC1)C(=O)NCc1ccc(C(=O)O)cc1. The number of aromatic carboxylic acids is 1. The lowest BCUT2D eigenvalue weighted by Gasteiger charge is -2.34. The smallest absolute Gasteiger partial charge is 0.335 e. The van der Waals surface area contributed by atoms with Crippen molar-refractivity contribution in [3.8, 4) is 0 Å². The van der Waals surface area contributed by atoms with E-state index in [-0.39, 0.29) is 11.6 Å². The van der Waals surface area contributed by atoms with Gasteiger partial charge in [-0.05, 0) is 55.0 Å². The van der Waals surface area contributed by atoms with Crippen molar-refractivity contribution in [3.63, 3.8) is 0 Å². The Morgan fingerprint density at radius 1 is 1.14 bits per heavy atom. The van der Waals surface area contributed by atoms with Crippen LogP contribution in [0.15, 0.2) is 48.8 Å². The minimum Gasteiger partial charge on any atom is -0.478 e. The molecule has 1 aliphatic rings. The van der Waals surface area contributed by atoms with Crippen LogP contribution in [0.2, 0.25) is 0 Å². The first-order valence-corrected chi connectivity index (χ1v) is 9.99. The zero-order valence-corrected chi connectivity index (χ0v) is 16.8. The molecule has 29 heavy (non-hydrogen) atoms. The van der Waals surface area contributed by atoms with Crippen molar-refractivity contribution < 1.29 is 14.7 Å². The van der Waals surface area contributed by atoms with Crippen LogP contribution >= 0.6 is 0 Å². The second-order valence-corrected chi connectivity index (χ2v) is 7.51. The van der Waals surface area contributed by atoms with Gasteiger partial charge in [0.2, 0.25) is 0 Å². The maximum Gasteiger partial charge on any atom is 0.335 e. The van der Waals surface area contributed by atoms with Crippen LogP contribution in [-0.4, -0.2) is 53.7 Å². The molecular weight excluding hydrogens is 368 g/mol. The Hall–Kier alpha value is -3.09. The highest BCUT2D eigenvalue weighted by Crippen LogP contribution is 2.24. The molecule has 1 aliphatic heterocycles. The number of urea groups is 1. The molecule has 3 rings (SSSR count). The third kappa shape index (κ3) is 5.94. The lowest BCUT2D eigenvalue weighted by atomic mass is 9.93. The molecule has 2 heterocycles. The fourth-order valence-electron chi connectivity index (χ4n) is 3.59. The summed E-state index contributed by atoms with van der Waals surface area (Å²) in [6, 6.07) is 10.5. The number of benzene rings is 1. The first-order valence-electron chi connectivity index (χ1n) is 9.99. The van der Waals surface area contributed by atoms with E-state index >= 15 is 0 Å². The highest BCUT2D eigenvalue weighted by Gasteiger charge is 2.20. The summed E-state index contributed by atoms with van der Waals surface area (Å²) in [5.41, 5.74) is 2.35. The van der Waals surface area contributed by atoms with E-state index in [1.54, 1.807) is 29.2 Å². The van der Waals surface area contributed by atoms with Gasteiger partial charge in [-0.2, -0.15) is 0 Å². The standard InChI is InChI=1S/C22H28N4O3/c1-25(22(29)24-16-18-2-4-19(5-3-18)21(27)28)13-8-17-9-14-26(15-10-17)20-6-11-23-12-7-20/h2-7,11-12,17H,8-10,13-16H2,1H3,(H,24,29)(H,27,28). The third-order valence-corrected chi connectivity index (χ3v) is 5.51. The van der Waals surface area contributed by atoms with E-state index in [1.807, 2.05) is 31.6 Å². The van der Waals surface area contributed by atoms with Gasteiger partial charge in [0, 0.05) is 51.3 Å². The zero-order valence-electron chi connectivity index (χ0n) is 16.8. The monoisotopic (exact) mass is 396 g/mol. The van der Waals surface area contributed by atoms with Crippen LogP contribution in [0.1, 0.15) is 35.2 Å². The number of pyridine rings is 1. The minimum absolute atomic E-state index is 0.110. The molecule has 2 amide bonds. The summed E-state index contributed by atoms with van der Waals surface area (Å²) >= 11 is 0. The van der Waals surface area contributed by atoms with E-state index in [0.29, 0.717) is 12.5 Å². The molecule has 1 fully saturated rings. The number of carboxylic acids is 1. The lowest BCUT2D eigenvalue weighted by Crippen LogP contribution is -2.39. The first-order chi connectivity index (χ1) is 14.0. The number of hydrogen-bond donors (Lipinski definition) is 2. The zero-order chi connectivity index (χ0) is 20.6. The molecule has 1 saturated heterocycles. The molecule has 0 saturated carbocycles. The van der Waals surface area contributed by atoms with Crippen molar-refractivity contribution >= 4 is 17.7 Å². The number of rotatable bonds is 7. The quantitative estimate of drug-likeness (QED) is 0.750. The summed E-state index contributed by atoms with van der Waals surface area (Å²) in [4.78, 5) is 31.4. The van der Waals surface area contributed by atoms with Crippen LogP contribution in [0, 0.1) is 5.92 Å². The third-order valence-electron chi connectivity index (χ3n) is 5.51. The molecule has 0 radical (unpaired) electrons. The van der Waals surface area contributed by atoms with Crippen molar-refractivity contribution in [3.05, 3.63) is 59.9 Å². The van der Waals surface area contributed by atoms with Crippen LogP contribution in [-0.2, 0) is 6.54 Å². The molecule has 0 unspecified atom stereocenters. The van der Waals surface area contributed by atoms with Crippen molar-refractivity contribution in [1.29, 1.82) is 0 Å². The summed E-state index contributed by atoms with van der Waals surface area (Å²) in [6.07, 6.45) is 6.92. The molecule has 7 heteroatoms. The van der Waals surface area contributed by atoms with Crippen molar-refractivity contribution in [2.24, 2.45) is 5.92 Å². The first kappa shape index (κ1) is 20.6. The van der Waals surface area contributed by atoms with Crippen molar-refractivity contribution in [1.82, 2.24) is 15.2 Å². The molecule has 1 aromatic carbocycles. The second-order valence-electron chi connectivity index (χ2n) is 7.51. The van der Waals surface area contributed by atoms with Crippen LogP contribution < -0.4 is 10.2 Å². The molecule has 2 aromatic rings. The van der Waals surface area contributed by atoms with Crippen LogP contribution in [0.5, 0.6) is 0 Å². The number of carbonyl (C=O) groups is 2. The topological polar surface area (TPSA) is 85.8 Å². The Kier molecular flexibility index (Phi) is 7.05. The van der Waals surface area contributed by atoms with Gasteiger partial charge >= 0.3 is 12.0 Å². The van der Waals surface area contributed by atoms with Gasteiger partial charge in [-0.3, -0.25) is 4.98 Å². The number of aromatic nitrogens is 1. The van der Waals surface area contributed by atoms with Crippen molar-refractivity contribution in [2.75, 3.05) is 31.6 Å². The number of anilines is 1. The predicted octanol–water partition coefficient (Wildman–Crippen LogP) is 3.23. The van der Waals surface area contributed by atoms with Gasteiger partial charge in [-0.1, -0.05) is 12.1 Å². The molecule has 0 atom stereocenters. The normalized spacial score (nSPS) is 14.4. The summed E-state index contributed by atoms with van der Waals surface area (Å²) in [6.45, 7) is 3.19. The number of piperidine rings is 1. The van der Waals surface area contributed by atoms with Crippen molar-refractivity contribution in [2.45, 2.75) is 25.8 Å². The maximum atomic E-state index is 12.3. The molecule has 0 spiro atoms. The fraction of sp³-hybridized carbons (Fsp3) is 0.409. The Balaban J connectivity index is 1.36. The second kappa shape index (κ2) is 9.91. The van der Waals surface area contributed by atoms with Crippen LogP contribution in [0.4, 0.5) is 10.5 Å². The van der Waals surface area contributed by atoms with E-state index < -0.39 is 5.97 Å². The molecular formula is C22H28N4O3. The number of carbonyl (C=O) groups excluding carboxylic acids is 1. The number of amides is 2. The Labute approximate surface area is 171 Å². The van der Waals surface area contributed by atoms with Crippen LogP contribution in [0.3, 0.4) is 0 Å².